The van der Waals surface area contributed by atoms with E-state index in [1.54, 1.807) is 0 Å². The molecule has 0 spiro atoms. The Balaban J connectivity index is 2.19. The highest BCUT2D eigenvalue weighted by Gasteiger charge is 2.18. The molecule has 2 aromatic carbocycles. The second-order valence-electron chi connectivity index (χ2n) is 5.80. The van der Waals surface area contributed by atoms with Crippen LogP contribution in [0.5, 0.6) is 5.75 Å². The molecule has 2 rings (SSSR count). The van der Waals surface area contributed by atoms with Gasteiger partial charge in [0.25, 0.3) is 5.91 Å². The Morgan fingerprint density at radius 3 is 2.15 bits per heavy atom. The lowest BCUT2D eigenvalue weighted by Gasteiger charge is -2.14. The first-order chi connectivity index (χ1) is 12.9. The third-order valence-corrected chi connectivity index (χ3v) is 3.88. The number of hydrogen-bond acceptors (Lipinski definition) is 6. The minimum absolute atomic E-state index is 0.116. The van der Waals surface area contributed by atoms with Crippen LogP contribution in [0.15, 0.2) is 36.4 Å². The van der Waals surface area contributed by atoms with Gasteiger partial charge in [0.1, 0.15) is 5.75 Å². The summed E-state index contributed by atoms with van der Waals surface area (Å²) >= 11 is 0. The molecule has 0 aliphatic carbocycles. The van der Waals surface area contributed by atoms with E-state index in [0.29, 0.717) is 5.75 Å². The van der Waals surface area contributed by atoms with E-state index < -0.39 is 17.8 Å². The van der Waals surface area contributed by atoms with Crippen LogP contribution < -0.4 is 10.1 Å². The Bertz CT molecular complexity index is 855. The highest BCUT2D eigenvalue weighted by molar-refractivity contribution is 6.03. The van der Waals surface area contributed by atoms with Crippen molar-refractivity contribution in [1.29, 1.82) is 0 Å². The number of ether oxygens (including phenoxy) is 3. The molecule has 1 N–H and O–H groups in total. The van der Waals surface area contributed by atoms with Gasteiger partial charge in [-0.15, -0.1) is 0 Å². The molecule has 0 saturated carbocycles. The minimum Gasteiger partial charge on any atom is -0.483 e. The standard InChI is InChI=1S/C20H21NO6/c1-12-6-5-7-13(2)18(12)27-11-17(22)21-16-10-14(19(23)25-3)8-9-15(16)20(24)26-4/h5-10H,11H2,1-4H3,(H,21,22). The Morgan fingerprint density at radius 2 is 1.56 bits per heavy atom. The summed E-state index contributed by atoms with van der Waals surface area (Å²) in [5.74, 6) is -1.08. The van der Waals surface area contributed by atoms with Crippen molar-refractivity contribution in [2.45, 2.75) is 13.8 Å². The van der Waals surface area contributed by atoms with E-state index in [2.05, 4.69) is 10.1 Å². The van der Waals surface area contributed by atoms with Gasteiger partial charge < -0.3 is 19.5 Å². The van der Waals surface area contributed by atoms with Crippen LogP contribution in [0.1, 0.15) is 31.8 Å². The van der Waals surface area contributed by atoms with Gasteiger partial charge in [0.15, 0.2) is 6.61 Å². The van der Waals surface area contributed by atoms with Gasteiger partial charge in [-0.3, -0.25) is 4.79 Å². The SMILES string of the molecule is COC(=O)c1ccc(C(=O)OC)c(NC(=O)COc2c(C)cccc2C)c1. The van der Waals surface area contributed by atoms with Crippen LogP contribution in [0.4, 0.5) is 5.69 Å². The summed E-state index contributed by atoms with van der Waals surface area (Å²) in [5, 5.41) is 2.58. The number of carbonyl (C=O) groups is 3. The van der Waals surface area contributed by atoms with Crippen LogP contribution >= 0.6 is 0 Å². The zero-order valence-corrected chi connectivity index (χ0v) is 15.6. The maximum atomic E-state index is 12.3. The molecular weight excluding hydrogens is 350 g/mol. The van der Waals surface area contributed by atoms with Crippen molar-refractivity contribution in [3.8, 4) is 5.75 Å². The lowest BCUT2D eigenvalue weighted by molar-refractivity contribution is -0.118. The first-order valence-corrected chi connectivity index (χ1v) is 8.17. The Kier molecular flexibility index (Phi) is 6.54. The lowest BCUT2D eigenvalue weighted by Crippen LogP contribution is -2.22. The first kappa shape index (κ1) is 20.0. The number of esters is 2. The number of amides is 1. The maximum absolute atomic E-state index is 12.3. The van der Waals surface area contributed by atoms with Crippen molar-refractivity contribution in [3.05, 3.63) is 58.7 Å². The molecule has 0 aromatic heterocycles. The third kappa shape index (κ3) is 4.84. The zero-order valence-electron chi connectivity index (χ0n) is 15.6. The smallest absolute Gasteiger partial charge is 0.339 e. The fourth-order valence-corrected chi connectivity index (χ4v) is 2.53. The quantitative estimate of drug-likeness (QED) is 0.785. The van der Waals surface area contributed by atoms with Gasteiger partial charge in [-0.1, -0.05) is 18.2 Å². The molecule has 0 heterocycles. The molecule has 0 atom stereocenters. The average molecular weight is 371 g/mol. The number of aryl methyl sites for hydroxylation is 2. The number of para-hydroxylation sites is 1. The van der Waals surface area contributed by atoms with Gasteiger partial charge in [0.2, 0.25) is 0 Å². The van der Waals surface area contributed by atoms with Crippen LogP contribution in [0.2, 0.25) is 0 Å². The molecule has 0 unspecified atom stereocenters. The number of hydrogen-bond donors (Lipinski definition) is 1. The molecule has 7 heteroatoms. The van der Waals surface area contributed by atoms with E-state index >= 15 is 0 Å². The van der Waals surface area contributed by atoms with Crippen molar-refractivity contribution < 1.29 is 28.6 Å². The van der Waals surface area contributed by atoms with Crippen LogP contribution in [-0.4, -0.2) is 38.7 Å². The van der Waals surface area contributed by atoms with E-state index in [0.717, 1.165) is 11.1 Å². The number of nitrogens with one attached hydrogen (secondary N) is 1. The van der Waals surface area contributed by atoms with E-state index in [1.165, 1.54) is 32.4 Å². The van der Waals surface area contributed by atoms with Crippen molar-refractivity contribution in [3.63, 3.8) is 0 Å². The fourth-order valence-electron chi connectivity index (χ4n) is 2.53. The largest absolute Gasteiger partial charge is 0.483 e. The summed E-state index contributed by atoms with van der Waals surface area (Å²) in [6, 6.07) is 9.83. The number of rotatable bonds is 6. The normalized spacial score (nSPS) is 10.1. The molecule has 1 amide bonds. The van der Waals surface area contributed by atoms with Crippen LogP contribution in [-0.2, 0) is 14.3 Å². The van der Waals surface area contributed by atoms with Crippen molar-refractivity contribution in [2.24, 2.45) is 0 Å². The van der Waals surface area contributed by atoms with Gasteiger partial charge in [-0.25, -0.2) is 9.59 Å². The fraction of sp³-hybridized carbons (Fsp3) is 0.250. The van der Waals surface area contributed by atoms with Crippen LogP contribution in [0.25, 0.3) is 0 Å². The summed E-state index contributed by atoms with van der Waals surface area (Å²) in [7, 11) is 2.47. The Hall–Kier alpha value is -3.35. The average Bonchev–Trinajstić information content (AvgIpc) is 2.66. The monoisotopic (exact) mass is 371 g/mol. The number of methoxy groups -OCH3 is 2. The second kappa shape index (κ2) is 8.84. The zero-order chi connectivity index (χ0) is 20.0. The molecule has 27 heavy (non-hydrogen) atoms. The Morgan fingerprint density at radius 1 is 0.926 bits per heavy atom. The maximum Gasteiger partial charge on any atom is 0.339 e. The summed E-state index contributed by atoms with van der Waals surface area (Å²) in [4.78, 5) is 35.9. The van der Waals surface area contributed by atoms with Crippen molar-refractivity contribution >= 4 is 23.5 Å². The molecule has 142 valence electrons. The third-order valence-electron chi connectivity index (χ3n) is 3.88. The van der Waals surface area contributed by atoms with E-state index in [1.807, 2.05) is 32.0 Å². The first-order valence-electron chi connectivity index (χ1n) is 8.17. The van der Waals surface area contributed by atoms with E-state index in [-0.39, 0.29) is 23.4 Å². The second-order valence-corrected chi connectivity index (χ2v) is 5.80. The predicted octanol–water partition coefficient (Wildman–Crippen LogP) is 2.89. The topological polar surface area (TPSA) is 90.9 Å². The molecule has 0 bridgehead atoms. The molecule has 0 aliphatic rings. The highest BCUT2D eigenvalue weighted by atomic mass is 16.5. The summed E-state index contributed by atoms with van der Waals surface area (Å²) < 4.78 is 15.0. The van der Waals surface area contributed by atoms with Crippen molar-refractivity contribution in [1.82, 2.24) is 0 Å². The van der Waals surface area contributed by atoms with Crippen LogP contribution in [0.3, 0.4) is 0 Å². The van der Waals surface area contributed by atoms with Gasteiger partial charge in [-0.05, 0) is 43.2 Å². The van der Waals surface area contributed by atoms with Gasteiger partial charge in [-0.2, -0.15) is 0 Å². The summed E-state index contributed by atoms with van der Waals surface area (Å²) in [6.45, 7) is 3.51. The molecule has 0 radical (unpaired) electrons. The molecular formula is C20H21NO6. The van der Waals surface area contributed by atoms with Gasteiger partial charge in [0.05, 0.1) is 31.0 Å². The van der Waals surface area contributed by atoms with Gasteiger partial charge >= 0.3 is 11.9 Å². The summed E-state index contributed by atoms with van der Waals surface area (Å²) in [6.07, 6.45) is 0. The van der Waals surface area contributed by atoms with E-state index in [4.69, 9.17) is 9.47 Å². The number of anilines is 1. The number of carbonyl (C=O) groups excluding carboxylic acids is 3. The molecule has 0 aliphatic heterocycles. The van der Waals surface area contributed by atoms with Gasteiger partial charge in [0, 0.05) is 0 Å². The molecule has 2 aromatic rings. The predicted molar refractivity (Wildman–Crippen MR) is 99.2 cm³/mol. The van der Waals surface area contributed by atoms with Crippen LogP contribution in [0, 0.1) is 13.8 Å². The molecule has 7 nitrogen and oxygen atoms in total. The van der Waals surface area contributed by atoms with E-state index in [9.17, 15) is 14.4 Å². The lowest BCUT2D eigenvalue weighted by atomic mass is 10.1. The minimum atomic E-state index is -0.641. The Labute approximate surface area is 157 Å². The van der Waals surface area contributed by atoms with Crippen molar-refractivity contribution in [2.75, 3.05) is 26.1 Å². The number of benzene rings is 2. The summed E-state index contributed by atoms with van der Waals surface area (Å²) in [5.41, 5.74) is 2.26. The highest BCUT2D eigenvalue weighted by Crippen LogP contribution is 2.23. The molecule has 0 saturated heterocycles. The molecule has 0 fully saturated rings.